The van der Waals surface area contributed by atoms with E-state index in [9.17, 15) is 36.5 Å². The third-order valence-corrected chi connectivity index (χ3v) is 2.24. The molecule has 1 aromatic heterocycles. The summed E-state index contributed by atoms with van der Waals surface area (Å²) >= 11 is 2.36. The minimum atomic E-state index is -5.40. The molecule has 0 unspecified atom stereocenters. The van der Waals surface area contributed by atoms with E-state index in [0.717, 1.165) is 0 Å². The Morgan fingerprint density at radius 3 is 2.16 bits per heavy atom. The highest BCUT2D eigenvalue weighted by atomic mass is 79.9. The van der Waals surface area contributed by atoms with Crippen LogP contribution in [-0.2, 0) is 6.18 Å². The first-order valence-corrected chi connectivity index (χ1v) is 4.88. The van der Waals surface area contributed by atoms with Gasteiger partial charge in [-0.05, 0) is 15.9 Å². The van der Waals surface area contributed by atoms with Crippen LogP contribution in [0.3, 0.4) is 0 Å². The lowest BCUT2D eigenvalue weighted by Crippen LogP contribution is -2.20. The van der Waals surface area contributed by atoms with Gasteiger partial charge < -0.3 is 4.74 Å². The van der Waals surface area contributed by atoms with Crippen LogP contribution >= 0.6 is 15.9 Å². The zero-order chi connectivity index (χ0) is 15.0. The lowest BCUT2D eigenvalue weighted by molar-refractivity contribution is -0.392. The topological polar surface area (TPSA) is 65.3 Å². The molecule has 0 N–H and O–H groups in total. The van der Waals surface area contributed by atoms with Crippen molar-refractivity contribution in [1.82, 2.24) is 4.98 Å². The van der Waals surface area contributed by atoms with E-state index >= 15 is 0 Å². The highest BCUT2D eigenvalue weighted by molar-refractivity contribution is 9.10. The molecule has 0 aliphatic carbocycles. The second kappa shape index (κ2) is 4.83. The van der Waals surface area contributed by atoms with Crippen molar-refractivity contribution in [3.63, 3.8) is 0 Å². The minimum Gasteiger partial charge on any atom is -0.395 e. The Bertz CT molecular complexity index is 515. The van der Waals surface area contributed by atoms with Gasteiger partial charge in [-0.2, -0.15) is 13.2 Å². The molecule has 0 atom stereocenters. The fraction of sp³-hybridized carbons (Fsp3) is 0.286. The second-order valence-electron chi connectivity index (χ2n) is 2.94. The summed E-state index contributed by atoms with van der Waals surface area (Å²) in [4.78, 5) is 11.8. The van der Waals surface area contributed by atoms with Crippen LogP contribution in [0.5, 0.6) is 5.75 Å². The number of hydrogen-bond acceptors (Lipinski definition) is 4. The normalized spacial score (nSPS) is 12.4. The van der Waals surface area contributed by atoms with Crippen molar-refractivity contribution in [3.8, 4) is 5.75 Å². The van der Waals surface area contributed by atoms with Gasteiger partial charge in [0.2, 0.25) is 5.75 Å². The Balaban J connectivity index is 3.56. The summed E-state index contributed by atoms with van der Waals surface area (Å²) in [5.41, 5.74) is -3.81. The van der Waals surface area contributed by atoms with Crippen LogP contribution in [0.4, 0.5) is 32.0 Å². The van der Waals surface area contributed by atoms with Gasteiger partial charge >= 0.3 is 18.2 Å². The Kier molecular flexibility index (Phi) is 3.93. The molecule has 5 nitrogen and oxygen atoms in total. The highest BCUT2D eigenvalue weighted by Gasteiger charge is 2.45. The number of nitrogens with zero attached hydrogens (tertiary/aromatic N) is 2. The molecule has 19 heavy (non-hydrogen) atoms. The van der Waals surface area contributed by atoms with Crippen molar-refractivity contribution in [3.05, 3.63) is 26.5 Å². The summed E-state index contributed by atoms with van der Waals surface area (Å²) in [5, 5.41) is 10.5. The molecule has 106 valence electrons. The van der Waals surface area contributed by atoms with E-state index in [-0.39, 0.29) is 6.20 Å². The zero-order valence-corrected chi connectivity index (χ0v) is 9.93. The fourth-order valence-electron chi connectivity index (χ4n) is 1.06. The van der Waals surface area contributed by atoms with E-state index in [1.54, 1.807) is 0 Å². The number of alkyl halides is 6. The second-order valence-corrected chi connectivity index (χ2v) is 3.69. The number of pyridine rings is 1. The third kappa shape index (κ3) is 3.68. The lowest BCUT2D eigenvalue weighted by atomic mass is 10.2. The summed E-state index contributed by atoms with van der Waals surface area (Å²) in [7, 11) is 0. The molecule has 1 aromatic rings. The van der Waals surface area contributed by atoms with Gasteiger partial charge in [0.1, 0.15) is 0 Å². The fourth-order valence-corrected chi connectivity index (χ4v) is 1.43. The molecule has 0 saturated carbocycles. The summed E-state index contributed by atoms with van der Waals surface area (Å²) in [6.07, 6.45) is -10.6. The monoisotopic (exact) mass is 354 g/mol. The van der Waals surface area contributed by atoms with Gasteiger partial charge in [0.05, 0.1) is 4.92 Å². The van der Waals surface area contributed by atoms with E-state index < -0.39 is 39.1 Å². The van der Waals surface area contributed by atoms with Gasteiger partial charge in [-0.25, -0.2) is 4.98 Å². The van der Waals surface area contributed by atoms with Gasteiger partial charge in [-0.1, -0.05) is 0 Å². The van der Waals surface area contributed by atoms with Gasteiger partial charge in [0, 0.05) is 6.20 Å². The molecular weight excluding hydrogens is 354 g/mol. The van der Waals surface area contributed by atoms with E-state index in [2.05, 4.69) is 25.7 Å². The summed E-state index contributed by atoms with van der Waals surface area (Å²) in [6.45, 7) is 0. The maximum atomic E-state index is 12.5. The van der Waals surface area contributed by atoms with Crippen molar-refractivity contribution in [2.24, 2.45) is 0 Å². The first-order chi connectivity index (χ1) is 8.43. The highest BCUT2D eigenvalue weighted by Crippen LogP contribution is 2.45. The molecule has 0 fully saturated rings. The number of halogens is 7. The number of nitro groups is 1. The van der Waals surface area contributed by atoms with Crippen molar-refractivity contribution in [1.29, 1.82) is 0 Å². The maximum absolute atomic E-state index is 12.5. The molecule has 0 bridgehead atoms. The molecule has 0 amide bonds. The van der Waals surface area contributed by atoms with Gasteiger partial charge in [-0.15, -0.1) is 13.2 Å². The molecular formula is C7HBrF6N2O3. The minimum absolute atomic E-state index is 0.0332. The van der Waals surface area contributed by atoms with Gasteiger partial charge in [0.15, 0.2) is 10.2 Å². The molecule has 0 radical (unpaired) electrons. The average Bonchev–Trinajstić information content (AvgIpc) is 2.16. The van der Waals surface area contributed by atoms with Crippen LogP contribution < -0.4 is 4.74 Å². The number of rotatable bonds is 2. The Hall–Kier alpha value is -1.59. The Morgan fingerprint density at radius 1 is 1.26 bits per heavy atom. The molecule has 0 aromatic carbocycles. The Labute approximate surface area is 108 Å². The van der Waals surface area contributed by atoms with Crippen LogP contribution in [0.25, 0.3) is 0 Å². The van der Waals surface area contributed by atoms with Crippen LogP contribution in [0.15, 0.2) is 10.8 Å². The van der Waals surface area contributed by atoms with Crippen molar-refractivity contribution < 1.29 is 36.0 Å². The van der Waals surface area contributed by atoms with Crippen molar-refractivity contribution >= 4 is 21.6 Å². The SMILES string of the molecule is O=[N+]([O-])c1c(C(F)(F)F)cnc(Br)c1OC(F)(F)F. The smallest absolute Gasteiger partial charge is 0.395 e. The number of ether oxygens (including phenoxy) is 1. The van der Waals surface area contributed by atoms with Crippen LogP contribution in [0.1, 0.15) is 5.56 Å². The molecule has 0 saturated heterocycles. The summed E-state index contributed by atoms with van der Waals surface area (Å²) in [5.74, 6) is -1.66. The van der Waals surface area contributed by atoms with Crippen LogP contribution in [0, 0.1) is 10.1 Å². The standard InChI is InChI=1S/C7HBrF6N2O3/c8-5-4(19-7(12,13)14)3(16(17)18)2(1-15-5)6(9,10)11/h1H. The van der Waals surface area contributed by atoms with E-state index in [1.807, 2.05) is 0 Å². The maximum Gasteiger partial charge on any atom is 0.573 e. The predicted molar refractivity (Wildman–Crippen MR) is 50.3 cm³/mol. The molecule has 0 spiro atoms. The summed E-state index contributed by atoms with van der Waals surface area (Å²) < 4.78 is 75.8. The number of aromatic nitrogens is 1. The molecule has 1 rings (SSSR count). The largest absolute Gasteiger partial charge is 0.573 e. The van der Waals surface area contributed by atoms with Gasteiger partial charge in [-0.3, -0.25) is 10.1 Å². The number of hydrogen-bond donors (Lipinski definition) is 0. The van der Waals surface area contributed by atoms with Crippen LogP contribution in [-0.4, -0.2) is 16.3 Å². The lowest BCUT2D eigenvalue weighted by Gasteiger charge is -2.13. The van der Waals surface area contributed by atoms with E-state index in [4.69, 9.17) is 0 Å². The van der Waals surface area contributed by atoms with Gasteiger partial charge in [0.25, 0.3) is 0 Å². The van der Waals surface area contributed by atoms with Crippen LogP contribution in [0.2, 0.25) is 0 Å². The van der Waals surface area contributed by atoms with E-state index in [1.165, 1.54) is 0 Å². The quantitative estimate of drug-likeness (QED) is 0.352. The third-order valence-electron chi connectivity index (χ3n) is 1.67. The first kappa shape index (κ1) is 15.5. The molecule has 1 heterocycles. The molecule has 12 heteroatoms. The predicted octanol–water partition coefficient (Wildman–Crippen LogP) is 3.67. The molecule has 0 aliphatic rings. The zero-order valence-electron chi connectivity index (χ0n) is 8.34. The van der Waals surface area contributed by atoms with E-state index in [0.29, 0.717) is 0 Å². The summed E-state index contributed by atoms with van der Waals surface area (Å²) in [6, 6.07) is 0. The van der Waals surface area contributed by atoms with Crippen molar-refractivity contribution in [2.45, 2.75) is 12.5 Å². The van der Waals surface area contributed by atoms with Crippen molar-refractivity contribution in [2.75, 3.05) is 0 Å². The average molecular weight is 355 g/mol. The first-order valence-electron chi connectivity index (χ1n) is 4.09. The Morgan fingerprint density at radius 2 is 1.79 bits per heavy atom. The molecule has 0 aliphatic heterocycles.